The van der Waals surface area contributed by atoms with Crippen LogP contribution in [0.4, 0.5) is 10.5 Å². The summed E-state index contributed by atoms with van der Waals surface area (Å²) in [6.45, 7) is 4.15. The lowest BCUT2D eigenvalue weighted by atomic mass is 9.88. The molecule has 98 valence electrons. The van der Waals surface area contributed by atoms with Crippen molar-refractivity contribution in [3.63, 3.8) is 0 Å². The maximum atomic E-state index is 11.5. The van der Waals surface area contributed by atoms with Crippen molar-refractivity contribution in [2.24, 2.45) is 0 Å². The molecule has 4 heteroatoms. The van der Waals surface area contributed by atoms with E-state index >= 15 is 0 Å². The van der Waals surface area contributed by atoms with Gasteiger partial charge in [0.25, 0.3) is 0 Å². The summed E-state index contributed by atoms with van der Waals surface area (Å²) in [6.07, 6.45) is 2.26. The first-order chi connectivity index (χ1) is 8.70. The molecule has 0 bridgehead atoms. The largest absolute Gasteiger partial charge is 0.341 e. The highest BCUT2D eigenvalue weighted by Gasteiger charge is 2.18. The maximum Gasteiger partial charge on any atom is 0.318 e. The second kappa shape index (κ2) is 5.87. The topological polar surface area (TPSA) is 53.2 Å². The fourth-order valence-corrected chi connectivity index (χ4v) is 2.45. The summed E-state index contributed by atoms with van der Waals surface area (Å²) in [5.41, 5.74) is 3.37. The van der Waals surface area contributed by atoms with E-state index in [2.05, 4.69) is 28.1 Å². The van der Waals surface area contributed by atoms with Crippen molar-refractivity contribution in [1.29, 1.82) is 0 Å². The van der Waals surface area contributed by atoms with Crippen molar-refractivity contribution in [3.05, 3.63) is 29.3 Å². The van der Waals surface area contributed by atoms with E-state index in [1.165, 1.54) is 11.1 Å². The molecule has 0 spiro atoms. The lowest BCUT2D eigenvalue weighted by molar-refractivity contribution is 0.254. The van der Waals surface area contributed by atoms with Crippen LogP contribution >= 0.6 is 0 Å². The number of carbonyl (C=O) groups is 1. The molecule has 1 aromatic rings. The third-order valence-corrected chi connectivity index (χ3v) is 3.46. The Kier molecular flexibility index (Phi) is 4.20. The number of hydrogen-bond acceptors (Lipinski definition) is 2. The molecule has 4 nitrogen and oxygen atoms in total. The quantitative estimate of drug-likeness (QED) is 0.750. The van der Waals surface area contributed by atoms with Crippen molar-refractivity contribution >= 4 is 11.7 Å². The highest BCUT2D eigenvalue weighted by Crippen LogP contribution is 2.31. The summed E-state index contributed by atoms with van der Waals surface area (Å²) in [5, 5.41) is 8.90. The number of nitrogens with one attached hydrogen (secondary N) is 3. The number of anilines is 1. The van der Waals surface area contributed by atoms with Gasteiger partial charge in [-0.2, -0.15) is 0 Å². The highest BCUT2D eigenvalue weighted by molar-refractivity contribution is 5.90. The molecule has 1 aromatic carbocycles. The van der Waals surface area contributed by atoms with Gasteiger partial charge in [0.2, 0.25) is 0 Å². The Hall–Kier alpha value is -1.55. The van der Waals surface area contributed by atoms with Crippen LogP contribution in [0.2, 0.25) is 0 Å². The minimum atomic E-state index is -0.157. The molecule has 1 aliphatic heterocycles. The zero-order chi connectivity index (χ0) is 13.0. The van der Waals surface area contributed by atoms with Gasteiger partial charge in [-0.25, -0.2) is 4.79 Å². The highest BCUT2D eigenvalue weighted by atomic mass is 16.2. The van der Waals surface area contributed by atoms with Crippen LogP contribution in [0.3, 0.4) is 0 Å². The fourth-order valence-electron chi connectivity index (χ4n) is 2.45. The molecule has 2 rings (SSSR count). The summed E-state index contributed by atoms with van der Waals surface area (Å²) in [7, 11) is 1.63. The molecule has 3 N–H and O–H groups in total. The van der Waals surface area contributed by atoms with Gasteiger partial charge >= 0.3 is 6.03 Å². The predicted octanol–water partition coefficient (Wildman–Crippen LogP) is 2.21. The SMILES string of the molecule is CNC(=O)Nc1cc(C)ccc1C1CCNCC1. The van der Waals surface area contributed by atoms with Crippen LogP contribution in [0.5, 0.6) is 0 Å². The Balaban J connectivity index is 2.24. The van der Waals surface area contributed by atoms with Crippen molar-refractivity contribution in [1.82, 2.24) is 10.6 Å². The molecule has 2 amide bonds. The van der Waals surface area contributed by atoms with Gasteiger partial charge in [-0.05, 0) is 56.0 Å². The summed E-state index contributed by atoms with van der Waals surface area (Å²) >= 11 is 0. The van der Waals surface area contributed by atoms with Gasteiger partial charge in [0.15, 0.2) is 0 Å². The molecule has 0 aliphatic carbocycles. The maximum absolute atomic E-state index is 11.5. The lowest BCUT2D eigenvalue weighted by Gasteiger charge is -2.25. The normalized spacial score (nSPS) is 16.3. The molecule has 1 heterocycles. The van der Waals surface area contributed by atoms with Crippen LogP contribution in [-0.4, -0.2) is 26.2 Å². The van der Waals surface area contributed by atoms with E-state index < -0.39 is 0 Å². The van der Waals surface area contributed by atoms with Crippen LogP contribution in [-0.2, 0) is 0 Å². The Morgan fingerprint density at radius 3 is 2.72 bits per heavy atom. The Morgan fingerprint density at radius 2 is 2.06 bits per heavy atom. The number of benzene rings is 1. The molecule has 0 aromatic heterocycles. The Bertz CT molecular complexity index is 425. The van der Waals surface area contributed by atoms with E-state index in [0.29, 0.717) is 5.92 Å². The third-order valence-electron chi connectivity index (χ3n) is 3.46. The number of rotatable bonds is 2. The average molecular weight is 247 g/mol. The van der Waals surface area contributed by atoms with Gasteiger partial charge in [-0.3, -0.25) is 0 Å². The molecular formula is C14H21N3O. The van der Waals surface area contributed by atoms with Crippen LogP contribution in [0.1, 0.15) is 29.9 Å². The molecule has 18 heavy (non-hydrogen) atoms. The number of carbonyl (C=O) groups excluding carboxylic acids is 1. The van der Waals surface area contributed by atoms with E-state index in [-0.39, 0.29) is 6.03 Å². The summed E-state index contributed by atoms with van der Waals surface area (Å²) in [5.74, 6) is 0.541. The number of amides is 2. The van der Waals surface area contributed by atoms with Crippen molar-refractivity contribution in [3.8, 4) is 0 Å². The summed E-state index contributed by atoms with van der Waals surface area (Å²) in [4.78, 5) is 11.5. The first-order valence-electron chi connectivity index (χ1n) is 6.50. The monoisotopic (exact) mass is 247 g/mol. The average Bonchev–Trinajstić information content (AvgIpc) is 2.40. The standard InChI is InChI=1S/C14H21N3O/c1-10-3-4-12(11-5-7-16-8-6-11)13(9-10)17-14(18)15-2/h3-4,9,11,16H,5-8H2,1-2H3,(H2,15,17,18). The molecule has 0 unspecified atom stereocenters. The molecule has 0 radical (unpaired) electrons. The van der Waals surface area contributed by atoms with E-state index in [4.69, 9.17) is 0 Å². The van der Waals surface area contributed by atoms with Crippen LogP contribution in [0, 0.1) is 6.92 Å². The second-order valence-electron chi connectivity index (χ2n) is 4.82. The van der Waals surface area contributed by atoms with Crippen LogP contribution in [0.25, 0.3) is 0 Å². The molecule has 1 aliphatic rings. The zero-order valence-electron chi connectivity index (χ0n) is 11.0. The van der Waals surface area contributed by atoms with Crippen molar-refractivity contribution in [2.75, 3.05) is 25.5 Å². The zero-order valence-corrected chi connectivity index (χ0v) is 11.0. The van der Waals surface area contributed by atoms with E-state index in [9.17, 15) is 4.79 Å². The first kappa shape index (κ1) is 12.9. The second-order valence-corrected chi connectivity index (χ2v) is 4.82. The van der Waals surface area contributed by atoms with Crippen LogP contribution < -0.4 is 16.0 Å². The summed E-state index contributed by atoms with van der Waals surface area (Å²) < 4.78 is 0. The minimum Gasteiger partial charge on any atom is -0.341 e. The number of urea groups is 1. The first-order valence-corrected chi connectivity index (χ1v) is 6.50. The van der Waals surface area contributed by atoms with Crippen LogP contribution in [0.15, 0.2) is 18.2 Å². The Morgan fingerprint density at radius 1 is 1.33 bits per heavy atom. The van der Waals surface area contributed by atoms with Gasteiger partial charge in [0, 0.05) is 12.7 Å². The van der Waals surface area contributed by atoms with Gasteiger partial charge in [0.1, 0.15) is 0 Å². The molecule has 0 atom stereocenters. The predicted molar refractivity (Wildman–Crippen MR) is 74.1 cm³/mol. The van der Waals surface area contributed by atoms with E-state index in [0.717, 1.165) is 31.6 Å². The van der Waals surface area contributed by atoms with Gasteiger partial charge in [-0.1, -0.05) is 12.1 Å². The fraction of sp³-hybridized carbons (Fsp3) is 0.500. The van der Waals surface area contributed by atoms with Gasteiger partial charge in [0.05, 0.1) is 0 Å². The minimum absolute atomic E-state index is 0.157. The molecular weight excluding hydrogens is 226 g/mol. The third kappa shape index (κ3) is 3.01. The van der Waals surface area contributed by atoms with E-state index in [1.54, 1.807) is 7.05 Å². The number of aryl methyl sites for hydroxylation is 1. The molecule has 0 saturated carbocycles. The van der Waals surface area contributed by atoms with Gasteiger partial charge in [-0.15, -0.1) is 0 Å². The smallest absolute Gasteiger partial charge is 0.318 e. The van der Waals surface area contributed by atoms with Crippen molar-refractivity contribution in [2.45, 2.75) is 25.7 Å². The van der Waals surface area contributed by atoms with Gasteiger partial charge < -0.3 is 16.0 Å². The molecule has 1 saturated heterocycles. The van der Waals surface area contributed by atoms with Crippen molar-refractivity contribution < 1.29 is 4.79 Å². The number of piperidine rings is 1. The molecule has 1 fully saturated rings. The lowest BCUT2D eigenvalue weighted by Crippen LogP contribution is -2.28. The van der Waals surface area contributed by atoms with E-state index in [1.807, 2.05) is 13.0 Å². The Labute approximate surface area is 108 Å². The number of hydrogen-bond donors (Lipinski definition) is 3. The summed E-state index contributed by atoms with van der Waals surface area (Å²) in [6, 6.07) is 6.16.